The molecule has 2 atom stereocenters. The number of pyridine rings is 3. The zero-order valence-corrected chi connectivity index (χ0v) is 18.6. The largest absolute Gasteiger partial charge is 0.452 e. The van der Waals surface area contributed by atoms with Crippen molar-refractivity contribution in [1.29, 1.82) is 0 Å². The fraction of sp³-hybridized carbons (Fsp3) is 0.375. The van der Waals surface area contributed by atoms with E-state index in [2.05, 4.69) is 15.0 Å². The average molecular weight is 407 g/mol. The van der Waals surface area contributed by atoms with Gasteiger partial charge in [0.15, 0.2) is 6.10 Å². The fourth-order valence-electron chi connectivity index (χ4n) is 3.86. The van der Waals surface area contributed by atoms with Gasteiger partial charge >= 0.3 is 0 Å². The predicted molar refractivity (Wildman–Crippen MR) is 114 cm³/mol. The number of aryl methyl sites for hydroxylation is 6. The molecular weight excluding hydrogens is 378 g/mol. The number of methoxy groups -OCH3 is 1. The first-order chi connectivity index (χ1) is 14.1. The molecule has 6 heteroatoms. The van der Waals surface area contributed by atoms with E-state index in [4.69, 9.17) is 9.47 Å². The number of hydrogen-bond acceptors (Lipinski definition) is 5. The van der Waals surface area contributed by atoms with Crippen molar-refractivity contribution >= 4 is 0 Å². The molecule has 30 heavy (non-hydrogen) atoms. The molecular formula is C24H28N3O3. The first-order valence-electron chi connectivity index (χ1n) is 9.89. The van der Waals surface area contributed by atoms with Crippen LogP contribution in [0.2, 0.25) is 0 Å². The van der Waals surface area contributed by atoms with Crippen LogP contribution in [0.5, 0.6) is 5.75 Å². The first-order valence-corrected chi connectivity index (χ1v) is 9.89. The molecule has 2 unspecified atom stereocenters. The second-order valence-electron chi connectivity index (χ2n) is 7.79. The molecule has 3 aromatic heterocycles. The Hall–Kier alpha value is -2.83. The van der Waals surface area contributed by atoms with Gasteiger partial charge in [-0.3, -0.25) is 15.0 Å². The lowest BCUT2D eigenvalue weighted by atomic mass is 9.93. The van der Waals surface area contributed by atoms with Gasteiger partial charge in [0.1, 0.15) is 5.75 Å². The van der Waals surface area contributed by atoms with Crippen LogP contribution in [0.4, 0.5) is 0 Å². The van der Waals surface area contributed by atoms with Crippen molar-refractivity contribution in [3.05, 3.63) is 81.7 Å². The highest BCUT2D eigenvalue weighted by atomic mass is 16.7. The van der Waals surface area contributed by atoms with E-state index < -0.39 is 11.9 Å². The fourth-order valence-corrected chi connectivity index (χ4v) is 3.86. The highest BCUT2D eigenvalue weighted by molar-refractivity contribution is 5.34. The molecule has 0 aliphatic carbocycles. The maximum atomic E-state index is 14.5. The Morgan fingerprint density at radius 3 is 1.53 bits per heavy atom. The lowest BCUT2D eigenvalue weighted by molar-refractivity contribution is -0.262. The number of rotatable bonds is 6. The molecule has 1 radical (unpaired) electrons. The number of nitrogens with zero attached hydrogens (tertiary/aromatic N) is 3. The van der Waals surface area contributed by atoms with Crippen molar-refractivity contribution < 1.29 is 14.6 Å². The summed E-state index contributed by atoms with van der Waals surface area (Å²) in [5.41, 5.74) is 5.84. The SMILES string of the molecule is COC(c1cc(C)nc(C)c1)C([O])(Oc1cc(C)nc(C)c1)c1cc(C)nc(C)c1. The van der Waals surface area contributed by atoms with Gasteiger partial charge in [-0.15, -0.1) is 0 Å². The molecule has 0 aliphatic rings. The minimum absolute atomic E-state index is 0.451. The van der Waals surface area contributed by atoms with Crippen LogP contribution in [0.3, 0.4) is 0 Å². The molecule has 3 aromatic rings. The Balaban J connectivity index is 2.21. The minimum Gasteiger partial charge on any atom is -0.452 e. The molecule has 3 heterocycles. The lowest BCUT2D eigenvalue weighted by Crippen LogP contribution is -2.40. The van der Waals surface area contributed by atoms with Gasteiger partial charge in [0.2, 0.25) is 0 Å². The summed E-state index contributed by atoms with van der Waals surface area (Å²) >= 11 is 0. The van der Waals surface area contributed by atoms with Gasteiger partial charge in [0.25, 0.3) is 5.79 Å². The summed E-state index contributed by atoms with van der Waals surface area (Å²) in [4.78, 5) is 13.2. The first kappa shape index (κ1) is 21.9. The van der Waals surface area contributed by atoms with Crippen LogP contribution in [-0.4, -0.2) is 22.1 Å². The summed E-state index contributed by atoms with van der Waals surface area (Å²) < 4.78 is 12.0. The maximum absolute atomic E-state index is 14.5. The molecule has 0 spiro atoms. The van der Waals surface area contributed by atoms with Crippen LogP contribution in [-0.2, 0) is 15.6 Å². The third kappa shape index (κ3) is 4.66. The number of hydrogen-bond donors (Lipinski definition) is 0. The molecule has 6 nitrogen and oxygen atoms in total. The van der Waals surface area contributed by atoms with Crippen molar-refractivity contribution in [2.45, 2.75) is 53.4 Å². The molecule has 0 saturated carbocycles. The highest BCUT2D eigenvalue weighted by Crippen LogP contribution is 2.41. The van der Waals surface area contributed by atoms with Gasteiger partial charge < -0.3 is 9.47 Å². The van der Waals surface area contributed by atoms with Gasteiger partial charge in [-0.2, -0.15) is 5.11 Å². The van der Waals surface area contributed by atoms with Gasteiger partial charge in [0, 0.05) is 59.0 Å². The Morgan fingerprint density at radius 2 is 1.10 bits per heavy atom. The van der Waals surface area contributed by atoms with Crippen molar-refractivity contribution in [3.63, 3.8) is 0 Å². The topological polar surface area (TPSA) is 77.0 Å². The van der Waals surface area contributed by atoms with Crippen LogP contribution in [0.1, 0.15) is 51.4 Å². The van der Waals surface area contributed by atoms with E-state index in [9.17, 15) is 5.11 Å². The summed E-state index contributed by atoms with van der Waals surface area (Å²) in [6, 6.07) is 10.8. The van der Waals surface area contributed by atoms with Gasteiger partial charge in [-0.05, 0) is 71.4 Å². The zero-order valence-electron chi connectivity index (χ0n) is 18.6. The minimum atomic E-state index is -2.05. The van der Waals surface area contributed by atoms with E-state index in [1.165, 1.54) is 7.11 Å². The smallest absolute Gasteiger partial charge is 0.297 e. The standard InChI is InChI=1S/C24H28N3O3/c1-14-8-20(9-15(2)25-14)23(29-7)24(28,21-10-16(3)26-17(4)11-21)30-22-12-18(5)27-19(6)13-22/h8-13,23H,1-7H3. The molecule has 0 aromatic carbocycles. The lowest BCUT2D eigenvalue weighted by Gasteiger charge is -2.34. The number of ether oxygens (including phenoxy) is 2. The van der Waals surface area contributed by atoms with Crippen molar-refractivity contribution in [2.24, 2.45) is 0 Å². The van der Waals surface area contributed by atoms with Crippen LogP contribution in [0, 0.1) is 41.5 Å². The van der Waals surface area contributed by atoms with Crippen LogP contribution < -0.4 is 4.74 Å². The summed E-state index contributed by atoms with van der Waals surface area (Å²) in [6.07, 6.45) is -0.909. The van der Waals surface area contributed by atoms with E-state index in [1.54, 1.807) is 24.3 Å². The molecule has 0 N–H and O–H groups in total. The summed E-state index contributed by atoms with van der Waals surface area (Å²) in [5, 5.41) is 14.5. The Bertz CT molecular complexity index is 1010. The third-order valence-corrected chi connectivity index (χ3v) is 4.80. The van der Waals surface area contributed by atoms with Crippen LogP contribution >= 0.6 is 0 Å². The van der Waals surface area contributed by atoms with Crippen molar-refractivity contribution in [1.82, 2.24) is 15.0 Å². The molecule has 0 aliphatic heterocycles. The zero-order chi connectivity index (χ0) is 22.1. The van der Waals surface area contributed by atoms with Crippen molar-refractivity contribution in [3.8, 4) is 5.75 Å². The monoisotopic (exact) mass is 406 g/mol. The van der Waals surface area contributed by atoms with Crippen LogP contribution in [0.25, 0.3) is 0 Å². The van der Waals surface area contributed by atoms with Gasteiger partial charge in [-0.1, -0.05) is 0 Å². The summed E-state index contributed by atoms with van der Waals surface area (Å²) in [6.45, 7) is 11.3. The third-order valence-electron chi connectivity index (χ3n) is 4.80. The van der Waals surface area contributed by atoms with E-state index in [0.29, 0.717) is 16.9 Å². The quantitative estimate of drug-likeness (QED) is 0.551. The van der Waals surface area contributed by atoms with E-state index in [-0.39, 0.29) is 0 Å². The summed E-state index contributed by atoms with van der Waals surface area (Å²) in [7, 11) is 1.52. The molecule has 0 amide bonds. The summed E-state index contributed by atoms with van der Waals surface area (Å²) in [5.74, 6) is -1.60. The Kier molecular flexibility index (Phi) is 6.19. The predicted octanol–water partition coefficient (Wildman–Crippen LogP) is 4.77. The second-order valence-corrected chi connectivity index (χ2v) is 7.79. The Labute approximate surface area is 178 Å². The molecule has 157 valence electrons. The van der Waals surface area contributed by atoms with Crippen molar-refractivity contribution in [2.75, 3.05) is 7.11 Å². The van der Waals surface area contributed by atoms with Gasteiger partial charge in [-0.25, -0.2) is 0 Å². The number of aromatic nitrogens is 3. The van der Waals surface area contributed by atoms with E-state index >= 15 is 0 Å². The molecule has 0 saturated heterocycles. The van der Waals surface area contributed by atoms with Gasteiger partial charge in [0.05, 0.1) is 0 Å². The molecule has 0 bridgehead atoms. The van der Waals surface area contributed by atoms with E-state index in [1.807, 2.05) is 53.7 Å². The Morgan fingerprint density at radius 1 is 0.700 bits per heavy atom. The normalized spacial score (nSPS) is 14.3. The average Bonchev–Trinajstić information content (AvgIpc) is 2.59. The highest BCUT2D eigenvalue weighted by Gasteiger charge is 2.45. The van der Waals surface area contributed by atoms with E-state index in [0.717, 1.165) is 34.2 Å². The maximum Gasteiger partial charge on any atom is 0.297 e. The van der Waals surface area contributed by atoms with Crippen LogP contribution in [0.15, 0.2) is 36.4 Å². The molecule has 0 fully saturated rings. The molecule has 3 rings (SSSR count). The second kappa shape index (κ2) is 8.50.